The van der Waals surface area contributed by atoms with Gasteiger partial charge in [0.05, 0.1) is 11.7 Å². The van der Waals surface area contributed by atoms with Crippen LogP contribution in [0.15, 0.2) is 49.6 Å². The Kier molecular flexibility index (Phi) is 10.3. The molecule has 0 unspecified atom stereocenters. The zero-order valence-corrected chi connectivity index (χ0v) is 26.5. The van der Waals surface area contributed by atoms with Crippen LogP contribution in [0.5, 0.6) is 11.5 Å². The van der Waals surface area contributed by atoms with E-state index in [1.807, 2.05) is 0 Å². The van der Waals surface area contributed by atoms with E-state index in [0.29, 0.717) is 11.1 Å². The molecule has 1 aromatic carbocycles. The van der Waals surface area contributed by atoms with Crippen molar-refractivity contribution in [3.8, 4) is 35.3 Å². The summed E-state index contributed by atoms with van der Waals surface area (Å²) in [6, 6.07) is 2.94. The zero-order valence-electron chi connectivity index (χ0n) is 22.0. The summed E-state index contributed by atoms with van der Waals surface area (Å²) in [5, 5.41) is 46.4. The second-order valence-electron chi connectivity index (χ2n) is 8.45. The number of nitrogens with two attached hydrogens (primary N) is 1. The molecule has 0 radical (unpaired) electrons. The van der Waals surface area contributed by atoms with Gasteiger partial charge in [0.25, 0.3) is 17.0 Å². The number of phenols is 2. The first-order chi connectivity index (χ1) is 20.2. The van der Waals surface area contributed by atoms with E-state index in [2.05, 4.69) is 31.6 Å². The van der Waals surface area contributed by atoms with Crippen molar-refractivity contribution in [2.75, 3.05) is 23.8 Å². The first-order valence-corrected chi connectivity index (χ1v) is 14.6. The van der Waals surface area contributed by atoms with Gasteiger partial charge in [0, 0.05) is 22.4 Å². The summed E-state index contributed by atoms with van der Waals surface area (Å²) >= 11 is 3.36. The molecule has 5 N–H and O–H groups in total. The van der Waals surface area contributed by atoms with E-state index in [9.17, 15) is 29.7 Å². The summed E-state index contributed by atoms with van der Waals surface area (Å²) < 4.78 is 5.57. The number of rotatable bonds is 10. The third-order valence-corrected chi connectivity index (χ3v) is 8.73. The Morgan fingerprint density at radius 2 is 2.14 bits per heavy atom. The van der Waals surface area contributed by atoms with Gasteiger partial charge in [0.1, 0.15) is 17.1 Å². The number of carboxylic acid groups (broad SMARTS) is 1. The number of oxime groups is 1. The number of fused-ring (bicyclic) bond motifs is 1. The van der Waals surface area contributed by atoms with Crippen LogP contribution in [0.3, 0.4) is 0 Å². The molecule has 2 aliphatic heterocycles. The van der Waals surface area contributed by atoms with Gasteiger partial charge in [-0.1, -0.05) is 22.8 Å². The average molecular weight is 652 g/mol. The summed E-state index contributed by atoms with van der Waals surface area (Å²) in [7, 11) is 0. The molecule has 2 amide bonds. The molecule has 3 aromatic rings. The summed E-state index contributed by atoms with van der Waals surface area (Å²) in [6.07, 6.45) is 5.16. The number of hydrogen-bond acceptors (Lipinski definition) is 16. The largest absolute Gasteiger partial charge is 1.00 e. The zero-order chi connectivity index (χ0) is 30.0. The van der Waals surface area contributed by atoms with Crippen LogP contribution in [-0.2, 0) is 19.2 Å². The smallest absolute Gasteiger partial charge is 0.543 e. The Morgan fingerprint density at radius 3 is 2.81 bits per heavy atom. The Hall–Kier alpha value is -3.73. The number of carbonyl (C=O) groups is 3. The fourth-order valence-electron chi connectivity index (χ4n) is 3.92. The number of carbonyl (C=O) groups excluding carboxylic acids is 3. The predicted molar refractivity (Wildman–Crippen MR) is 149 cm³/mol. The maximum absolute atomic E-state index is 13.1. The van der Waals surface area contributed by atoms with Gasteiger partial charge in [-0.3, -0.25) is 14.5 Å². The van der Waals surface area contributed by atoms with E-state index < -0.39 is 29.2 Å². The van der Waals surface area contributed by atoms with Crippen LogP contribution in [0.25, 0.3) is 11.5 Å². The van der Waals surface area contributed by atoms with Crippen molar-refractivity contribution in [2.24, 2.45) is 5.16 Å². The SMILES string of the molecule is C#CCON=C(C(=O)N[C@@H]1C(=O)N2C(C(=O)[O-])=C(CSc3nnc(-c4ccc(O)c(O)c4)o3)CS[C@@H]12)c1csc(N)n1.[Na+]. The number of benzene rings is 1. The Balaban J connectivity index is 0.00000423. The van der Waals surface area contributed by atoms with Gasteiger partial charge in [-0.2, -0.15) is 0 Å². The van der Waals surface area contributed by atoms with Gasteiger partial charge >= 0.3 is 29.6 Å². The number of anilines is 1. The van der Waals surface area contributed by atoms with Crippen molar-refractivity contribution in [3.63, 3.8) is 0 Å². The van der Waals surface area contributed by atoms with E-state index in [4.69, 9.17) is 21.4 Å². The van der Waals surface area contributed by atoms with Gasteiger partial charge in [0.2, 0.25) is 5.89 Å². The van der Waals surface area contributed by atoms with Crippen molar-refractivity contribution in [1.29, 1.82) is 0 Å². The van der Waals surface area contributed by atoms with Gasteiger partial charge < -0.3 is 40.4 Å². The van der Waals surface area contributed by atoms with Gasteiger partial charge in [0.15, 0.2) is 28.9 Å². The van der Waals surface area contributed by atoms with E-state index in [1.54, 1.807) is 0 Å². The molecule has 0 saturated carbocycles. The van der Waals surface area contributed by atoms with Crippen LogP contribution < -0.4 is 45.7 Å². The molecule has 1 saturated heterocycles. The number of aromatic nitrogens is 3. The number of carboxylic acids is 1. The molecular formula is C24H18N7NaO8S3. The molecule has 2 atom stereocenters. The molecule has 5 rings (SSSR count). The molecule has 43 heavy (non-hydrogen) atoms. The number of amides is 2. The van der Waals surface area contributed by atoms with Crippen molar-refractivity contribution >= 4 is 63.5 Å². The number of terminal acetylenes is 1. The number of nitrogen functional groups attached to an aromatic ring is 1. The van der Waals surface area contributed by atoms with E-state index in [-0.39, 0.29) is 92.5 Å². The minimum absolute atomic E-state index is 0. The Bertz CT molecular complexity index is 1680. The molecule has 0 bridgehead atoms. The number of aromatic hydroxyl groups is 2. The normalized spacial score (nSPS) is 17.8. The van der Waals surface area contributed by atoms with Crippen molar-refractivity contribution in [1.82, 2.24) is 25.4 Å². The average Bonchev–Trinajstić information content (AvgIpc) is 3.62. The monoisotopic (exact) mass is 651 g/mol. The first-order valence-electron chi connectivity index (χ1n) is 11.7. The van der Waals surface area contributed by atoms with Crippen molar-refractivity contribution in [2.45, 2.75) is 16.6 Å². The predicted octanol–water partition coefficient (Wildman–Crippen LogP) is -3.26. The fourth-order valence-corrected chi connectivity index (χ4v) is 6.71. The topological polar surface area (TPSA) is 229 Å². The van der Waals surface area contributed by atoms with Crippen molar-refractivity contribution in [3.05, 3.63) is 40.5 Å². The number of phenolic OH excluding ortho intramolecular Hbond substituents is 2. The number of β-lactam (4-membered cyclic amide) rings is 1. The summed E-state index contributed by atoms with van der Waals surface area (Å²) in [4.78, 5) is 48.2. The Morgan fingerprint density at radius 1 is 1.35 bits per heavy atom. The quantitative estimate of drug-likeness (QED) is 0.0247. The second kappa shape index (κ2) is 13.7. The van der Waals surface area contributed by atoms with Crippen LogP contribution in [0.1, 0.15) is 5.69 Å². The van der Waals surface area contributed by atoms with E-state index in [1.165, 1.54) is 35.3 Å². The van der Waals surface area contributed by atoms with E-state index >= 15 is 0 Å². The molecule has 0 aliphatic carbocycles. The molecule has 15 nitrogen and oxygen atoms in total. The van der Waals surface area contributed by atoms with Crippen molar-refractivity contribution < 1.29 is 68.5 Å². The molecule has 4 heterocycles. The molecule has 216 valence electrons. The standard InChI is InChI=1S/C24H19N7O8S3.Na/c1-2-5-38-30-15(12-9-41-23(25)26-12)18(34)27-16-20(35)31-17(22(36)37)11(7-40-21(16)31)8-42-24-29-28-19(39-24)10-3-4-13(32)14(33)6-10;/h1,3-4,6,9,16,21,32-33H,5,7-8H2,(H2,25,26)(H,27,34)(H,36,37);/q;+1/p-1/t16-,21+;/m1./s1. The number of thioether (sulfide) groups is 2. The third kappa shape index (κ3) is 6.76. The number of aliphatic carboxylic acids is 1. The first kappa shape index (κ1) is 32.2. The molecule has 2 aromatic heterocycles. The number of thiazole rings is 1. The molecule has 19 heteroatoms. The number of hydrogen-bond donors (Lipinski definition) is 4. The Labute approximate surface area is 277 Å². The minimum atomic E-state index is -1.55. The van der Waals surface area contributed by atoms with Gasteiger partial charge in [-0.25, -0.2) is 4.98 Å². The molecule has 1 fully saturated rings. The third-order valence-electron chi connectivity index (χ3n) is 5.81. The fraction of sp³-hybridized carbons (Fsp3) is 0.208. The second-order valence-corrected chi connectivity index (χ2v) is 11.4. The summed E-state index contributed by atoms with van der Waals surface area (Å²) in [6.45, 7) is -0.211. The summed E-state index contributed by atoms with van der Waals surface area (Å²) in [5.74, 6) is -1.09. The molecule has 2 aliphatic rings. The van der Waals surface area contributed by atoms with Crippen LogP contribution >= 0.6 is 34.9 Å². The number of nitrogens with one attached hydrogen (secondary N) is 1. The molecular weight excluding hydrogens is 633 g/mol. The maximum Gasteiger partial charge on any atom is 1.00 e. The van der Waals surface area contributed by atoms with Crippen LogP contribution in [0.2, 0.25) is 0 Å². The molecule has 0 spiro atoms. The van der Waals surface area contributed by atoms with Crippen LogP contribution in [0, 0.1) is 12.3 Å². The van der Waals surface area contributed by atoms with Crippen LogP contribution in [0.4, 0.5) is 5.13 Å². The van der Waals surface area contributed by atoms with Gasteiger partial charge in [-0.05, 0) is 23.8 Å². The van der Waals surface area contributed by atoms with Crippen LogP contribution in [-0.4, -0.2) is 83.3 Å². The maximum atomic E-state index is 13.1. The number of nitrogens with zero attached hydrogens (tertiary/aromatic N) is 5. The van der Waals surface area contributed by atoms with E-state index in [0.717, 1.165) is 28.0 Å². The van der Waals surface area contributed by atoms with Gasteiger partial charge in [-0.15, -0.1) is 39.7 Å². The summed E-state index contributed by atoms with van der Waals surface area (Å²) in [5.41, 5.74) is 5.97. The minimum Gasteiger partial charge on any atom is -0.543 e.